The molecule has 2 N–H and O–H groups in total. The second kappa shape index (κ2) is 4.93. The molecule has 12 heavy (non-hydrogen) atoms. The molecule has 0 aromatic rings. The third-order valence-electron chi connectivity index (χ3n) is 2.04. The zero-order valence-corrected chi connectivity index (χ0v) is 7.18. The van der Waals surface area contributed by atoms with E-state index in [0.717, 1.165) is 32.4 Å². The predicted octanol–water partition coefficient (Wildman–Crippen LogP) is 1.16. The van der Waals surface area contributed by atoms with E-state index in [1.807, 2.05) is 6.08 Å². The summed E-state index contributed by atoms with van der Waals surface area (Å²) >= 11 is 0. The minimum Gasteiger partial charge on any atom is -0.481 e. The molecule has 3 nitrogen and oxygen atoms in total. The lowest BCUT2D eigenvalue weighted by molar-refractivity contribution is -0.136. The Hall–Kier alpha value is -0.830. The van der Waals surface area contributed by atoms with Crippen molar-refractivity contribution in [1.29, 1.82) is 0 Å². The van der Waals surface area contributed by atoms with Gasteiger partial charge in [0.1, 0.15) is 0 Å². The van der Waals surface area contributed by atoms with Crippen LogP contribution in [0.5, 0.6) is 0 Å². The van der Waals surface area contributed by atoms with E-state index in [4.69, 9.17) is 5.11 Å². The SMILES string of the molecule is O=C(O)C/C=C1/CCCNCC1. The highest BCUT2D eigenvalue weighted by Gasteiger charge is 2.03. The Morgan fingerprint density at radius 3 is 3.08 bits per heavy atom. The highest BCUT2D eigenvalue weighted by molar-refractivity contribution is 5.68. The Morgan fingerprint density at radius 2 is 2.33 bits per heavy atom. The van der Waals surface area contributed by atoms with Gasteiger partial charge in [0.25, 0.3) is 0 Å². The molecule has 0 aromatic carbocycles. The summed E-state index contributed by atoms with van der Waals surface area (Å²) < 4.78 is 0. The van der Waals surface area contributed by atoms with Gasteiger partial charge in [-0.15, -0.1) is 0 Å². The largest absolute Gasteiger partial charge is 0.481 e. The fourth-order valence-corrected chi connectivity index (χ4v) is 1.38. The van der Waals surface area contributed by atoms with Gasteiger partial charge in [-0.25, -0.2) is 0 Å². The van der Waals surface area contributed by atoms with Crippen LogP contribution in [0, 0.1) is 0 Å². The van der Waals surface area contributed by atoms with E-state index in [1.54, 1.807) is 0 Å². The number of nitrogens with one attached hydrogen (secondary N) is 1. The average Bonchev–Trinajstić information content (AvgIpc) is 2.28. The summed E-state index contributed by atoms with van der Waals surface area (Å²) in [6.45, 7) is 2.05. The molecule has 0 unspecified atom stereocenters. The van der Waals surface area contributed by atoms with E-state index in [9.17, 15) is 4.79 Å². The van der Waals surface area contributed by atoms with Crippen LogP contribution >= 0.6 is 0 Å². The predicted molar refractivity (Wildman–Crippen MR) is 47.1 cm³/mol. The summed E-state index contributed by atoms with van der Waals surface area (Å²) in [7, 11) is 0. The monoisotopic (exact) mass is 169 g/mol. The van der Waals surface area contributed by atoms with Gasteiger partial charge in [-0.3, -0.25) is 4.79 Å². The number of aliphatic carboxylic acids is 1. The Morgan fingerprint density at radius 1 is 1.50 bits per heavy atom. The standard InChI is InChI=1S/C9H15NO2/c11-9(12)4-3-8-2-1-6-10-7-5-8/h3,10H,1-2,4-7H2,(H,11,12)/b8-3-. The van der Waals surface area contributed by atoms with E-state index >= 15 is 0 Å². The van der Waals surface area contributed by atoms with Crippen LogP contribution in [0.4, 0.5) is 0 Å². The van der Waals surface area contributed by atoms with E-state index in [0.29, 0.717) is 0 Å². The van der Waals surface area contributed by atoms with Crippen LogP contribution in [-0.2, 0) is 4.79 Å². The van der Waals surface area contributed by atoms with Crippen molar-refractivity contribution in [3.8, 4) is 0 Å². The molecule has 0 radical (unpaired) electrons. The molecule has 0 bridgehead atoms. The lowest BCUT2D eigenvalue weighted by Crippen LogP contribution is -2.13. The van der Waals surface area contributed by atoms with Crippen molar-refractivity contribution in [3.05, 3.63) is 11.6 Å². The molecule has 68 valence electrons. The van der Waals surface area contributed by atoms with Crippen LogP contribution in [0.3, 0.4) is 0 Å². The van der Waals surface area contributed by atoms with Crippen molar-refractivity contribution in [3.63, 3.8) is 0 Å². The van der Waals surface area contributed by atoms with E-state index in [2.05, 4.69) is 5.32 Å². The van der Waals surface area contributed by atoms with Crippen LogP contribution < -0.4 is 5.32 Å². The normalized spacial score (nSPS) is 22.2. The van der Waals surface area contributed by atoms with Gasteiger partial charge in [0.15, 0.2) is 0 Å². The Kier molecular flexibility index (Phi) is 3.80. The molecule has 3 heteroatoms. The molecule has 1 fully saturated rings. The Bertz CT molecular complexity index is 177. The number of carbonyl (C=O) groups is 1. The van der Waals surface area contributed by atoms with Crippen LogP contribution in [0.25, 0.3) is 0 Å². The van der Waals surface area contributed by atoms with Gasteiger partial charge in [-0.05, 0) is 32.4 Å². The van der Waals surface area contributed by atoms with E-state index in [-0.39, 0.29) is 6.42 Å². The van der Waals surface area contributed by atoms with Crippen molar-refractivity contribution >= 4 is 5.97 Å². The maximum Gasteiger partial charge on any atom is 0.307 e. The smallest absolute Gasteiger partial charge is 0.307 e. The van der Waals surface area contributed by atoms with Crippen molar-refractivity contribution in [1.82, 2.24) is 5.32 Å². The Labute approximate surface area is 72.5 Å². The van der Waals surface area contributed by atoms with E-state index < -0.39 is 5.97 Å². The third kappa shape index (κ3) is 3.53. The molecular formula is C9H15NO2. The summed E-state index contributed by atoms with van der Waals surface area (Å²) in [4.78, 5) is 10.3. The Balaban J connectivity index is 2.37. The summed E-state index contributed by atoms with van der Waals surface area (Å²) in [6, 6.07) is 0. The average molecular weight is 169 g/mol. The topological polar surface area (TPSA) is 49.3 Å². The van der Waals surface area contributed by atoms with Crippen LogP contribution in [0.15, 0.2) is 11.6 Å². The lowest BCUT2D eigenvalue weighted by Gasteiger charge is -1.99. The van der Waals surface area contributed by atoms with Gasteiger partial charge >= 0.3 is 5.97 Å². The highest BCUT2D eigenvalue weighted by atomic mass is 16.4. The molecule has 1 heterocycles. The molecule has 1 aliphatic heterocycles. The molecule has 0 spiro atoms. The summed E-state index contributed by atoms with van der Waals surface area (Å²) in [5, 5.41) is 11.7. The second-order valence-corrected chi connectivity index (χ2v) is 3.06. The zero-order chi connectivity index (χ0) is 8.81. The molecule has 1 aliphatic rings. The molecule has 0 saturated carbocycles. The minimum atomic E-state index is -0.736. The van der Waals surface area contributed by atoms with Crippen molar-refractivity contribution in [2.45, 2.75) is 25.7 Å². The number of carboxylic acid groups (broad SMARTS) is 1. The lowest BCUT2D eigenvalue weighted by atomic mass is 10.1. The maximum absolute atomic E-state index is 10.3. The molecule has 0 aliphatic carbocycles. The molecule has 0 amide bonds. The minimum absolute atomic E-state index is 0.176. The quantitative estimate of drug-likeness (QED) is 0.610. The van der Waals surface area contributed by atoms with Gasteiger partial charge in [-0.2, -0.15) is 0 Å². The van der Waals surface area contributed by atoms with Gasteiger partial charge in [0, 0.05) is 0 Å². The van der Waals surface area contributed by atoms with Crippen molar-refractivity contribution < 1.29 is 9.90 Å². The summed E-state index contributed by atoms with van der Waals surface area (Å²) in [5.41, 5.74) is 1.29. The number of rotatable bonds is 2. The first-order valence-electron chi connectivity index (χ1n) is 4.39. The second-order valence-electron chi connectivity index (χ2n) is 3.06. The van der Waals surface area contributed by atoms with Gasteiger partial charge < -0.3 is 10.4 Å². The van der Waals surface area contributed by atoms with E-state index in [1.165, 1.54) is 5.57 Å². The molecule has 0 atom stereocenters. The highest BCUT2D eigenvalue weighted by Crippen LogP contribution is 2.12. The number of hydrogen-bond donors (Lipinski definition) is 2. The van der Waals surface area contributed by atoms with Gasteiger partial charge in [0.2, 0.25) is 0 Å². The first-order valence-corrected chi connectivity index (χ1v) is 4.39. The van der Waals surface area contributed by atoms with Crippen LogP contribution in [-0.4, -0.2) is 24.2 Å². The van der Waals surface area contributed by atoms with Gasteiger partial charge in [0.05, 0.1) is 6.42 Å². The molecule has 1 saturated heterocycles. The fourth-order valence-electron chi connectivity index (χ4n) is 1.38. The fraction of sp³-hybridized carbons (Fsp3) is 0.667. The molecular weight excluding hydrogens is 154 g/mol. The summed E-state index contributed by atoms with van der Waals surface area (Å²) in [6.07, 6.45) is 5.23. The first-order chi connectivity index (χ1) is 5.79. The van der Waals surface area contributed by atoms with Crippen LogP contribution in [0.2, 0.25) is 0 Å². The van der Waals surface area contributed by atoms with Gasteiger partial charge in [-0.1, -0.05) is 11.6 Å². The number of hydrogen-bond acceptors (Lipinski definition) is 2. The third-order valence-corrected chi connectivity index (χ3v) is 2.04. The van der Waals surface area contributed by atoms with Crippen LogP contribution in [0.1, 0.15) is 25.7 Å². The molecule has 1 rings (SSSR count). The number of carboxylic acids is 1. The first kappa shape index (κ1) is 9.26. The summed E-state index contributed by atoms with van der Waals surface area (Å²) in [5.74, 6) is -0.736. The van der Waals surface area contributed by atoms with Crippen molar-refractivity contribution in [2.24, 2.45) is 0 Å². The maximum atomic E-state index is 10.3. The molecule has 0 aromatic heterocycles. The van der Waals surface area contributed by atoms with Crippen molar-refractivity contribution in [2.75, 3.05) is 13.1 Å². The zero-order valence-electron chi connectivity index (χ0n) is 7.18.